The van der Waals surface area contributed by atoms with Crippen molar-refractivity contribution in [3.63, 3.8) is 0 Å². The van der Waals surface area contributed by atoms with Gasteiger partial charge in [0.15, 0.2) is 0 Å². The van der Waals surface area contributed by atoms with Crippen LogP contribution in [0.25, 0.3) is 0 Å². The summed E-state index contributed by atoms with van der Waals surface area (Å²) in [4.78, 5) is 0. The van der Waals surface area contributed by atoms with Crippen molar-refractivity contribution in [2.45, 2.75) is 20.3 Å². The van der Waals surface area contributed by atoms with Crippen LogP contribution in [0.15, 0.2) is 12.1 Å². The molecule has 18 heavy (non-hydrogen) atoms. The van der Waals surface area contributed by atoms with Crippen LogP contribution in [0.4, 0.5) is 10.1 Å². The fraction of sp³-hybridized carbons (Fsp3) is 0.538. The van der Waals surface area contributed by atoms with Crippen LogP contribution < -0.4 is 5.32 Å². The molecule has 0 fully saturated rings. The molecular weight excluding hydrogens is 276 g/mol. The minimum absolute atomic E-state index is 0.280. The smallest absolute Gasteiger partial charge is 0.126 e. The molecule has 0 aliphatic carbocycles. The van der Waals surface area contributed by atoms with Crippen molar-refractivity contribution in [2.24, 2.45) is 5.92 Å². The first kappa shape index (κ1) is 15.5. The molecule has 0 radical (unpaired) electrons. The lowest BCUT2D eigenvalue weighted by molar-refractivity contribution is 0.132. The normalized spacial score (nSPS) is 11.0. The van der Waals surface area contributed by atoms with Crippen molar-refractivity contribution >= 4 is 28.9 Å². The minimum Gasteiger partial charge on any atom is -0.380 e. The van der Waals surface area contributed by atoms with Gasteiger partial charge in [-0.1, -0.05) is 37.0 Å². The molecule has 0 amide bonds. The third-order valence-corrected chi connectivity index (χ3v) is 2.99. The Morgan fingerprint density at radius 2 is 1.83 bits per heavy atom. The second-order valence-electron chi connectivity index (χ2n) is 4.47. The lowest BCUT2D eigenvalue weighted by atomic mass is 10.1. The van der Waals surface area contributed by atoms with Gasteiger partial charge in [0.05, 0.1) is 22.3 Å². The lowest BCUT2D eigenvalue weighted by Crippen LogP contribution is -2.11. The van der Waals surface area contributed by atoms with Crippen LogP contribution in [0.2, 0.25) is 10.0 Å². The number of ether oxygens (including phenoxy) is 1. The van der Waals surface area contributed by atoms with Crippen LogP contribution in [-0.2, 0) is 4.74 Å². The molecule has 0 unspecified atom stereocenters. The number of halogens is 3. The van der Waals surface area contributed by atoms with Gasteiger partial charge < -0.3 is 10.1 Å². The van der Waals surface area contributed by atoms with Gasteiger partial charge in [0.1, 0.15) is 5.82 Å². The topological polar surface area (TPSA) is 21.3 Å². The van der Waals surface area contributed by atoms with E-state index in [-0.39, 0.29) is 10.0 Å². The van der Waals surface area contributed by atoms with Crippen LogP contribution in [0.3, 0.4) is 0 Å². The number of hydrogen-bond donors (Lipinski definition) is 1. The Hall–Kier alpha value is -0.510. The molecule has 0 bridgehead atoms. The van der Waals surface area contributed by atoms with Gasteiger partial charge >= 0.3 is 0 Å². The van der Waals surface area contributed by atoms with Gasteiger partial charge in [0, 0.05) is 13.2 Å². The minimum atomic E-state index is -0.441. The first-order valence-corrected chi connectivity index (χ1v) is 6.72. The molecule has 1 rings (SSSR count). The molecule has 1 N–H and O–H groups in total. The van der Waals surface area contributed by atoms with E-state index >= 15 is 0 Å². The monoisotopic (exact) mass is 293 g/mol. The molecule has 0 aliphatic heterocycles. The van der Waals surface area contributed by atoms with Crippen molar-refractivity contribution in [1.82, 2.24) is 0 Å². The quantitative estimate of drug-likeness (QED) is 0.742. The molecule has 0 heterocycles. The van der Waals surface area contributed by atoms with Gasteiger partial charge in [0.2, 0.25) is 0 Å². The lowest BCUT2D eigenvalue weighted by Gasteiger charge is -2.11. The Morgan fingerprint density at radius 3 is 2.39 bits per heavy atom. The number of nitrogens with one attached hydrogen (secondary N) is 1. The maximum Gasteiger partial charge on any atom is 0.126 e. The molecule has 102 valence electrons. The Morgan fingerprint density at radius 1 is 1.22 bits per heavy atom. The van der Waals surface area contributed by atoms with Gasteiger partial charge in [0.25, 0.3) is 0 Å². The Bertz CT molecular complexity index is 362. The number of benzene rings is 1. The summed E-state index contributed by atoms with van der Waals surface area (Å²) in [6.45, 7) is 6.20. The summed E-state index contributed by atoms with van der Waals surface area (Å²) in [7, 11) is 0. The molecule has 1 aromatic rings. The Labute approximate surface area is 117 Å². The van der Waals surface area contributed by atoms with Gasteiger partial charge in [-0.3, -0.25) is 0 Å². The van der Waals surface area contributed by atoms with E-state index in [1.54, 1.807) is 0 Å². The summed E-state index contributed by atoms with van der Waals surface area (Å²) in [5.41, 5.74) is 0.548. The second kappa shape index (κ2) is 7.82. The maximum absolute atomic E-state index is 13.0. The van der Waals surface area contributed by atoms with E-state index in [4.69, 9.17) is 27.9 Å². The van der Waals surface area contributed by atoms with Crippen LogP contribution in [0, 0.1) is 11.7 Å². The van der Waals surface area contributed by atoms with E-state index in [1.807, 2.05) is 0 Å². The fourth-order valence-corrected chi connectivity index (χ4v) is 1.97. The molecule has 0 atom stereocenters. The fourth-order valence-electron chi connectivity index (χ4n) is 1.38. The van der Waals surface area contributed by atoms with Crippen molar-refractivity contribution < 1.29 is 9.13 Å². The average Bonchev–Trinajstić information content (AvgIpc) is 2.25. The zero-order valence-corrected chi connectivity index (χ0v) is 12.1. The van der Waals surface area contributed by atoms with Crippen LogP contribution >= 0.6 is 23.2 Å². The van der Waals surface area contributed by atoms with Crippen molar-refractivity contribution in [2.75, 3.05) is 25.1 Å². The second-order valence-corrected chi connectivity index (χ2v) is 5.28. The predicted octanol–water partition coefficient (Wildman–Crippen LogP) is 4.61. The SMILES string of the molecule is CC(C)CCOCCNc1c(Cl)cc(F)cc1Cl. The largest absolute Gasteiger partial charge is 0.380 e. The standard InChI is InChI=1S/C13H18Cl2FNO/c1-9(2)3-5-18-6-4-17-13-11(14)7-10(16)8-12(13)15/h7-9,17H,3-6H2,1-2H3. The van der Waals surface area contributed by atoms with E-state index in [0.29, 0.717) is 24.8 Å². The summed E-state index contributed by atoms with van der Waals surface area (Å²) in [5.74, 6) is 0.197. The molecule has 0 aliphatic rings. The van der Waals surface area contributed by atoms with Crippen LogP contribution in [0.5, 0.6) is 0 Å². The first-order valence-electron chi connectivity index (χ1n) is 5.97. The Balaban J connectivity index is 2.31. The molecule has 1 aromatic carbocycles. The molecule has 0 spiro atoms. The highest BCUT2D eigenvalue weighted by molar-refractivity contribution is 6.39. The molecule has 5 heteroatoms. The molecule has 0 saturated heterocycles. The van der Waals surface area contributed by atoms with E-state index in [9.17, 15) is 4.39 Å². The van der Waals surface area contributed by atoms with Crippen LogP contribution in [-0.4, -0.2) is 19.8 Å². The number of hydrogen-bond acceptors (Lipinski definition) is 2. The van der Waals surface area contributed by atoms with E-state index in [2.05, 4.69) is 19.2 Å². The zero-order chi connectivity index (χ0) is 13.5. The third kappa shape index (κ3) is 5.42. The van der Waals surface area contributed by atoms with Gasteiger partial charge in [-0.25, -0.2) is 4.39 Å². The highest BCUT2D eigenvalue weighted by Gasteiger charge is 2.07. The van der Waals surface area contributed by atoms with Gasteiger partial charge in [-0.15, -0.1) is 0 Å². The molecule has 2 nitrogen and oxygen atoms in total. The molecule has 0 aromatic heterocycles. The summed E-state index contributed by atoms with van der Waals surface area (Å²) < 4.78 is 18.4. The number of rotatable bonds is 7. The summed E-state index contributed by atoms with van der Waals surface area (Å²) in [6.07, 6.45) is 1.04. The van der Waals surface area contributed by atoms with Crippen molar-refractivity contribution in [3.05, 3.63) is 28.0 Å². The van der Waals surface area contributed by atoms with Gasteiger partial charge in [-0.2, -0.15) is 0 Å². The van der Waals surface area contributed by atoms with Gasteiger partial charge in [-0.05, 0) is 24.5 Å². The maximum atomic E-state index is 13.0. The zero-order valence-electron chi connectivity index (χ0n) is 10.6. The van der Waals surface area contributed by atoms with Crippen LogP contribution in [0.1, 0.15) is 20.3 Å². The van der Waals surface area contributed by atoms with E-state index in [1.165, 1.54) is 12.1 Å². The highest BCUT2D eigenvalue weighted by atomic mass is 35.5. The highest BCUT2D eigenvalue weighted by Crippen LogP contribution is 2.30. The van der Waals surface area contributed by atoms with E-state index < -0.39 is 5.82 Å². The summed E-state index contributed by atoms with van der Waals surface area (Å²) in [5, 5.41) is 3.60. The average molecular weight is 294 g/mol. The van der Waals surface area contributed by atoms with E-state index in [0.717, 1.165) is 13.0 Å². The number of anilines is 1. The summed E-state index contributed by atoms with van der Waals surface area (Å²) in [6, 6.07) is 2.46. The molecular formula is C13H18Cl2FNO. The molecule has 0 saturated carbocycles. The predicted molar refractivity (Wildman–Crippen MR) is 75.2 cm³/mol. The first-order chi connectivity index (χ1) is 8.50. The van der Waals surface area contributed by atoms with Crippen molar-refractivity contribution in [3.8, 4) is 0 Å². The Kier molecular flexibility index (Phi) is 6.76. The van der Waals surface area contributed by atoms with Crippen molar-refractivity contribution in [1.29, 1.82) is 0 Å². The third-order valence-electron chi connectivity index (χ3n) is 2.39. The summed E-state index contributed by atoms with van der Waals surface area (Å²) >= 11 is 11.8.